The summed E-state index contributed by atoms with van der Waals surface area (Å²) in [6.07, 6.45) is 7.37. The van der Waals surface area contributed by atoms with Crippen LogP contribution in [0.25, 0.3) is 10.8 Å². The van der Waals surface area contributed by atoms with Crippen molar-refractivity contribution in [3.63, 3.8) is 0 Å². The van der Waals surface area contributed by atoms with Gasteiger partial charge in [0.25, 0.3) is 0 Å². The minimum absolute atomic E-state index is 0.710. The summed E-state index contributed by atoms with van der Waals surface area (Å²) >= 11 is 0. The molecule has 2 aliphatic rings. The number of hydrogen-bond acceptors (Lipinski definition) is 3. The van der Waals surface area contributed by atoms with E-state index in [1.165, 1.54) is 47.8 Å². The van der Waals surface area contributed by atoms with Gasteiger partial charge in [-0.05, 0) is 43.6 Å². The van der Waals surface area contributed by atoms with Crippen molar-refractivity contribution >= 4 is 16.6 Å². The first-order valence-corrected chi connectivity index (χ1v) is 8.23. The van der Waals surface area contributed by atoms with E-state index in [-0.39, 0.29) is 0 Å². The fourth-order valence-electron chi connectivity index (χ4n) is 3.11. The van der Waals surface area contributed by atoms with Gasteiger partial charge in [-0.25, -0.2) is 4.98 Å². The zero-order valence-electron chi connectivity index (χ0n) is 12.7. The number of hydrogen-bond donors (Lipinski definition) is 1. The molecule has 1 aromatic carbocycles. The molecule has 2 fully saturated rings. The molecule has 0 aliphatic heterocycles. The van der Waals surface area contributed by atoms with Crippen LogP contribution >= 0.6 is 0 Å². The molecular formula is C18H23N3. The van der Waals surface area contributed by atoms with Crippen molar-refractivity contribution in [1.82, 2.24) is 10.3 Å². The lowest BCUT2D eigenvalue weighted by atomic mass is 10.1. The Bertz CT molecular complexity index is 644. The number of nitrogens with zero attached hydrogens (tertiary/aromatic N) is 2. The summed E-state index contributed by atoms with van der Waals surface area (Å²) in [6.45, 7) is 4.21. The Labute approximate surface area is 126 Å². The Morgan fingerprint density at radius 1 is 1.14 bits per heavy atom. The van der Waals surface area contributed by atoms with Crippen LogP contribution in [0.4, 0.5) is 5.82 Å². The molecule has 0 radical (unpaired) electrons. The van der Waals surface area contributed by atoms with Crippen molar-refractivity contribution in [1.29, 1.82) is 0 Å². The molecular weight excluding hydrogens is 258 g/mol. The van der Waals surface area contributed by atoms with Crippen molar-refractivity contribution in [2.75, 3.05) is 11.4 Å². The first-order valence-electron chi connectivity index (χ1n) is 8.23. The maximum atomic E-state index is 4.82. The van der Waals surface area contributed by atoms with Gasteiger partial charge in [0.15, 0.2) is 0 Å². The number of aromatic nitrogens is 1. The summed E-state index contributed by atoms with van der Waals surface area (Å²) in [7, 11) is 0. The Kier molecular flexibility index (Phi) is 3.30. The fraction of sp³-hybridized carbons (Fsp3) is 0.500. The van der Waals surface area contributed by atoms with Gasteiger partial charge in [0.2, 0.25) is 0 Å². The maximum absolute atomic E-state index is 4.82. The lowest BCUT2D eigenvalue weighted by Crippen LogP contribution is -2.26. The van der Waals surface area contributed by atoms with Gasteiger partial charge in [-0.3, -0.25) is 0 Å². The second-order valence-corrected chi connectivity index (χ2v) is 6.32. The van der Waals surface area contributed by atoms with Crippen LogP contribution in [0.5, 0.6) is 0 Å². The highest BCUT2D eigenvalue weighted by Gasteiger charge is 2.30. The minimum Gasteiger partial charge on any atom is -0.353 e. The number of rotatable bonds is 6. The van der Waals surface area contributed by atoms with Gasteiger partial charge in [0.1, 0.15) is 5.82 Å². The van der Waals surface area contributed by atoms with E-state index in [1.807, 2.05) is 0 Å². The van der Waals surface area contributed by atoms with Crippen LogP contribution in [-0.4, -0.2) is 23.6 Å². The van der Waals surface area contributed by atoms with Gasteiger partial charge >= 0.3 is 0 Å². The number of benzene rings is 1. The molecule has 2 aliphatic carbocycles. The largest absolute Gasteiger partial charge is 0.353 e. The topological polar surface area (TPSA) is 28.2 Å². The van der Waals surface area contributed by atoms with Crippen molar-refractivity contribution in [3.8, 4) is 0 Å². The molecule has 1 N–H and O–H groups in total. The molecule has 110 valence electrons. The zero-order chi connectivity index (χ0) is 14.2. The molecule has 0 saturated heterocycles. The molecule has 1 aromatic heterocycles. The smallest absolute Gasteiger partial charge is 0.136 e. The number of pyridine rings is 1. The molecule has 0 bridgehead atoms. The lowest BCUT2D eigenvalue weighted by Gasteiger charge is -2.24. The fourth-order valence-corrected chi connectivity index (χ4v) is 3.11. The molecule has 0 amide bonds. The van der Waals surface area contributed by atoms with Crippen molar-refractivity contribution in [2.24, 2.45) is 0 Å². The molecule has 0 unspecified atom stereocenters. The standard InChI is InChI=1S/C18H23N3/c1-2-21(15-9-10-15)18-17-6-4-3-5-16(17)13(12-20-18)11-19-14-7-8-14/h3-6,12,14-15,19H,2,7-11H2,1H3. The van der Waals surface area contributed by atoms with E-state index in [9.17, 15) is 0 Å². The molecule has 3 heteroatoms. The molecule has 2 aromatic rings. The number of nitrogens with one attached hydrogen (secondary N) is 1. The van der Waals surface area contributed by atoms with E-state index in [4.69, 9.17) is 4.98 Å². The third kappa shape index (κ3) is 2.62. The lowest BCUT2D eigenvalue weighted by molar-refractivity contribution is 0.689. The van der Waals surface area contributed by atoms with Gasteiger partial charge in [0.05, 0.1) is 0 Å². The van der Waals surface area contributed by atoms with Crippen LogP contribution in [0.1, 0.15) is 38.2 Å². The Hall–Kier alpha value is -1.61. The highest BCUT2D eigenvalue weighted by molar-refractivity contribution is 5.94. The van der Waals surface area contributed by atoms with E-state index >= 15 is 0 Å². The summed E-state index contributed by atoms with van der Waals surface area (Å²) in [5, 5.41) is 6.27. The quantitative estimate of drug-likeness (QED) is 0.878. The average molecular weight is 281 g/mol. The number of fused-ring (bicyclic) bond motifs is 1. The monoisotopic (exact) mass is 281 g/mol. The highest BCUT2D eigenvalue weighted by Crippen LogP contribution is 2.35. The summed E-state index contributed by atoms with van der Waals surface area (Å²) in [4.78, 5) is 7.30. The van der Waals surface area contributed by atoms with Crippen LogP contribution in [0.2, 0.25) is 0 Å². The van der Waals surface area contributed by atoms with Crippen LogP contribution < -0.4 is 10.2 Å². The first kappa shape index (κ1) is 13.1. The molecule has 3 nitrogen and oxygen atoms in total. The van der Waals surface area contributed by atoms with Crippen LogP contribution in [0.3, 0.4) is 0 Å². The van der Waals surface area contributed by atoms with Crippen molar-refractivity contribution in [3.05, 3.63) is 36.0 Å². The second-order valence-electron chi connectivity index (χ2n) is 6.32. The highest BCUT2D eigenvalue weighted by atomic mass is 15.2. The van der Waals surface area contributed by atoms with E-state index in [1.54, 1.807) is 0 Å². The van der Waals surface area contributed by atoms with Gasteiger partial charge in [0, 0.05) is 36.8 Å². The summed E-state index contributed by atoms with van der Waals surface area (Å²) < 4.78 is 0. The summed E-state index contributed by atoms with van der Waals surface area (Å²) in [5.74, 6) is 1.17. The van der Waals surface area contributed by atoms with Gasteiger partial charge in [-0.2, -0.15) is 0 Å². The van der Waals surface area contributed by atoms with E-state index in [2.05, 4.69) is 47.6 Å². The molecule has 0 spiro atoms. The first-order chi connectivity index (χ1) is 10.4. The average Bonchev–Trinajstić information content (AvgIpc) is 3.40. The molecule has 2 saturated carbocycles. The maximum Gasteiger partial charge on any atom is 0.136 e. The van der Waals surface area contributed by atoms with E-state index in [0.717, 1.165) is 19.1 Å². The molecule has 21 heavy (non-hydrogen) atoms. The Morgan fingerprint density at radius 2 is 1.90 bits per heavy atom. The van der Waals surface area contributed by atoms with E-state index in [0.29, 0.717) is 6.04 Å². The predicted octanol–water partition coefficient (Wildman–Crippen LogP) is 3.48. The third-order valence-electron chi connectivity index (χ3n) is 4.62. The van der Waals surface area contributed by atoms with Gasteiger partial charge in [-0.15, -0.1) is 0 Å². The van der Waals surface area contributed by atoms with Gasteiger partial charge < -0.3 is 10.2 Å². The predicted molar refractivity (Wildman–Crippen MR) is 87.6 cm³/mol. The van der Waals surface area contributed by atoms with Crippen LogP contribution in [-0.2, 0) is 6.54 Å². The van der Waals surface area contributed by atoms with Gasteiger partial charge in [-0.1, -0.05) is 24.3 Å². The van der Waals surface area contributed by atoms with Crippen LogP contribution in [0, 0.1) is 0 Å². The Balaban J connectivity index is 1.72. The zero-order valence-corrected chi connectivity index (χ0v) is 12.7. The molecule has 0 atom stereocenters. The summed E-state index contributed by atoms with van der Waals surface area (Å²) in [6, 6.07) is 10.2. The molecule has 4 rings (SSSR count). The Morgan fingerprint density at radius 3 is 2.57 bits per heavy atom. The van der Waals surface area contributed by atoms with E-state index < -0.39 is 0 Å². The van der Waals surface area contributed by atoms with Crippen molar-refractivity contribution in [2.45, 2.75) is 51.2 Å². The third-order valence-corrected chi connectivity index (χ3v) is 4.62. The number of anilines is 1. The SMILES string of the molecule is CCN(c1ncc(CNC2CC2)c2ccccc12)C1CC1. The van der Waals surface area contributed by atoms with Crippen LogP contribution in [0.15, 0.2) is 30.5 Å². The van der Waals surface area contributed by atoms with Crippen molar-refractivity contribution < 1.29 is 0 Å². The minimum atomic E-state index is 0.710. The molecule has 1 heterocycles. The summed E-state index contributed by atoms with van der Waals surface area (Å²) in [5.41, 5.74) is 1.33. The normalized spacial score (nSPS) is 18.1. The second kappa shape index (κ2) is 5.30.